The van der Waals surface area contributed by atoms with E-state index in [2.05, 4.69) is 27.2 Å². The Morgan fingerprint density at radius 2 is 1.76 bits per heavy atom. The number of para-hydroxylation sites is 2. The van der Waals surface area contributed by atoms with E-state index in [4.69, 9.17) is 4.74 Å². The molecule has 33 heavy (non-hydrogen) atoms. The van der Waals surface area contributed by atoms with Crippen LogP contribution in [-0.2, 0) is 21.1 Å². The maximum atomic E-state index is 11.8. The van der Waals surface area contributed by atoms with Gasteiger partial charge >= 0.3 is 0 Å². The average Bonchev–Trinajstić information content (AvgIpc) is 2.78. The molecule has 2 aromatic carbocycles. The third kappa shape index (κ3) is 8.37. The number of ether oxygens (including phenoxy) is 1. The van der Waals surface area contributed by atoms with Gasteiger partial charge in [-0.2, -0.15) is 0 Å². The molecular formula is C25H35N3O4S. The third-order valence-electron chi connectivity index (χ3n) is 5.84. The number of benzene rings is 2. The molecule has 0 atom stereocenters. The molecule has 2 aromatic rings. The normalized spacial score (nSPS) is 14.8. The van der Waals surface area contributed by atoms with Gasteiger partial charge in [-0.1, -0.05) is 30.7 Å². The molecule has 0 bridgehead atoms. The first-order valence-corrected chi connectivity index (χ1v) is 13.6. The summed E-state index contributed by atoms with van der Waals surface area (Å²) >= 11 is 0. The molecule has 1 amide bonds. The Hall–Kier alpha value is -2.58. The second-order valence-corrected chi connectivity index (χ2v) is 10.8. The molecule has 1 aliphatic rings. The van der Waals surface area contributed by atoms with Gasteiger partial charge < -0.3 is 15.0 Å². The molecule has 1 heterocycles. The van der Waals surface area contributed by atoms with Crippen LogP contribution in [0.2, 0.25) is 0 Å². The van der Waals surface area contributed by atoms with Gasteiger partial charge in [0.2, 0.25) is 5.91 Å². The average molecular weight is 474 g/mol. The van der Waals surface area contributed by atoms with Crippen LogP contribution in [0.5, 0.6) is 5.75 Å². The van der Waals surface area contributed by atoms with E-state index >= 15 is 0 Å². The number of carbonyl (C=O) groups is 1. The van der Waals surface area contributed by atoms with Gasteiger partial charge in [-0.25, -0.2) is 8.42 Å². The van der Waals surface area contributed by atoms with E-state index in [1.165, 1.54) is 12.1 Å². The van der Waals surface area contributed by atoms with Crippen molar-refractivity contribution in [1.82, 2.24) is 4.90 Å². The Kier molecular flexibility index (Phi) is 9.14. The number of methoxy groups -OCH3 is 1. The number of hydrogen-bond acceptors (Lipinski definition) is 6. The predicted molar refractivity (Wildman–Crippen MR) is 134 cm³/mol. The first-order chi connectivity index (χ1) is 15.8. The molecule has 1 saturated heterocycles. The van der Waals surface area contributed by atoms with Crippen LogP contribution in [-0.4, -0.2) is 71.1 Å². The van der Waals surface area contributed by atoms with E-state index in [1.54, 1.807) is 13.2 Å². The fourth-order valence-corrected chi connectivity index (χ4v) is 4.73. The maximum absolute atomic E-state index is 11.8. The molecule has 3 rings (SSSR count). The van der Waals surface area contributed by atoms with Gasteiger partial charge in [0.1, 0.15) is 11.5 Å². The van der Waals surface area contributed by atoms with E-state index < -0.39 is 21.5 Å². The lowest BCUT2D eigenvalue weighted by atomic mass is 10.1. The first-order valence-electron chi connectivity index (χ1n) is 11.5. The van der Waals surface area contributed by atoms with Crippen LogP contribution in [0, 0.1) is 0 Å². The number of nitrogens with zero attached hydrogens (tertiary/aromatic N) is 2. The number of nitrogens with one attached hydrogen (secondary N) is 1. The molecule has 7 nitrogen and oxygen atoms in total. The summed E-state index contributed by atoms with van der Waals surface area (Å²) in [5, 5.41) is 2.67. The van der Waals surface area contributed by atoms with Gasteiger partial charge in [0.25, 0.3) is 0 Å². The smallest absolute Gasteiger partial charge is 0.239 e. The van der Waals surface area contributed by atoms with Crippen molar-refractivity contribution in [3.63, 3.8) is 0 Å². The first kappa shape index (κ1) is 25.1. The van der Waals surface area contributed by atoms with Crippen molar-refractivity contribution in [2.45, 2.75) is 25.7 Å². The Bertz CT molecular complexity index is 1020. The lowest BCUT2D eigenvalue weighted by Crippen LogP contribution is -2.46. The molecule has 180 valence electrons. The molecule has 0 saturated carbocycles. The minimum Gasteiger partial charge on any atom is -0.495 e. The largest absolute Gasteiger partial charge is 0.495 e. The number of carbonyl (C=O) groups excluding carboxylic acids is 1. The molecule has 8 heteroatoms. The van der Waals surface area contributed by atoms with Crippen LogP contribution in [0.3, 0.4) is 0 Å². The van der Waals surface area contributed by atoms with Crippen molar-refractivity contribution in [2.75, 3.05) is 62.1 Å². The van der Waals surface area contributed by atoms with Crippen LogP contribution < -0.4 is 15.0 Å². The van der Waals surface area contributed by atoms with Gasteiger partial charge in [0.05, 0.1) is 12.8 Å². The molecule has 0 aliphatic carbocycles. The molecule has 0 unspecified atom stereocenters. The van der Waals surface area contributed by atoms with Crippen molar-refractivity contribution in [1.29, 1.82) is 0 Å². The van der Waals surface area contributed by atoms with Crippen LogP contribution in [0.1, 0.15) is 24.8 Å². The van der Waals surface area contributed by atoms with E-state index in [-0.39, 0.29) is 0 Å². The number of anilines is 2. The fraction of sp³-hybridized carbons (Fsp3) is 0.480. The van der Waals surface area contributed by atoms with Gasteiger partial charge in [0.15, 0.2) is 9.84 Å². The number of aryl methyl sites for hydroxylation is 1. The lowest BCUT2D eigenvalue weighted by molar-refractivity contribution is -0.113. The minimum absolute atomic E-state index is 0.496. The fourth-order valence-electron chi connectivity index (χ4n) is 4.18. The number of sulfone groups is 1. The van der Waals surface area contributed by atoms with Crippen molar-refractivity contribution >= 4 is 27.1 Å². The Morgan fingerprint density at radius 3 is 2.48 bits per heavy atom. The summed E-state index contributed by atoms with van der Waals surface area (Å²) in [6.45, 7) is 5.26. The molecule has 0 radical (unpaired) electrons. The monoisotopic (exact) mass is 473 g/mol. The molecule has 1 aliphatic heterocycles. The summed E-state index contributed by atoms with van der Waals surface area (Å²) in [4.78, 5) is 16.7. The molecule has 0 aromatic heterocycles. The lowest BCUT2D eigenvalue weighted by Gasteiger charge is -2.36. The number of rotatable bonds is 11. The predicted octanol–water partition coefficient (Wildman–Crippen LogP) is 3.21. The number of unbranched alkanes of at least 4 members (excludes halogenated alkanes) is 2. The van der Waals surface area contributed by atoms with E-state index in [9.17, 15) is 13.2 Å². The summed E-state index contributed by atoms with van der Waals surface area (Å²) in [5.41, 5.74) is 2.97. The van der Waals surface area contributed by atoms with Gasteiger partial charge in [-0.3, -0.25) is 9.69 Å². The summed E-state index contributed by atoms with van der Waals surface area (Å²) < 4.78 is 28.0. The Labute approximate surface area is 197 Å². The SMILES string of the molecule is COc1ccccc1N1CCN(CCCCCc2cccc(NC(=O)CS(C)(=O)=O)c2)CC1. The van der Waals surface area contributed by atoms with E-state index in [0.717, 1.165) is 69.6 Å². The van der Waals surface area contributed by atoms with Crippen LogP contribution in [0.25, 0.3) is 0 Å². The topological polar surface area (TPSA) is 79.0 Å². The summed E-state index contributed by atoms with van der Waals surface area (Å²) in [7, 11) is -1.61. The third-order valence-corrected chi connectivity index (χ3v) is 6.63. The van der Waals surface area contributed by atoms with E-state index in [0.29, 0.717) is 5.69 Å². The second kappa shape index (κ2) is 12.0. The van der Waals surface area contributed by atoms with Crippen molar-refractivity contribution in [3.8, 4) is 5.75 Å². The maximum Gasteiger partial charge on any atom is 0.239 e. The number of amides is 1. The molecular weight excluding hydrogens is 438 g/mol. The molecule has 1 N–H and O–H groups in total. The zero-order valence-electron chi connectivity index (χ0n) is 19.6. The van der Waals surface area contributed by atoms with Gasteiger partial charge in [-0.15, -0.1) is 0 Å². The van der Waals surface area contributed by atoms with Gasteiger partial charge in [-0.05, 0) is 55.6 Å². The summed E-state index contributed by atoms with van der Waals surface area (Å²) in [6.07, 6.45) is 5.40. The highest BCUT2D eigenvalue weighted by molar-refractivity contribution is 7.91. The Balaban J connectivity index is 1.34. The highest BCUT2D eigenvalue weighted by Gasteiger charge is 2.19. The number of hydrogen-bond donors (Lipinski definition) is 1. The zero-order chi connectivity index (χ0) is 23.7. The van der Waals surface area contributed by atoms with Crippen LogP contribution in [0.4, 0.5) is 11.4 Å². The zero-order valence-corrected chi connectivity index (χ0v) is 20.4. The van der Waals surface area contributed by atoms with Crippen LogP contribution in [0.15, 0.2) is 48.5 Å². The van der Waals surface area contributed by atoms with Gasteiger partial charge in [0, 0.05) is 38.1 Å². The molecule has 0 spiro atoms. The van der Waals surface area contributed by atoms with E-state index in [1.807, 2.05) is 30.3 Å². The second-order valence-electron chi connectivity index (χ2n) is 8.63. The van der Waals surface area contributed by atoms with Crippen molar-refractivity contribution < 1.29 is 17.9 Å². The standard InChI is InChI=1S/C25H35N3O4S/c1-32-24-13-6-5-12-23(24)28-17-15-27(16-18-28)14-7-3-4-9-21-10-8-11-22(19-21)26-25(29)20-33(2,30)31/h5-6,8,10-13,19H,3-4,7,9,14-18,20H2,1-2H3,(H,26,29). The summed E-state index contributed by atoms with van der Waals surface area (Å²) in [6, 6.07) is 15.9. The summed E-state index contributed by atoms with van der Waals surface area (Å²) in [5.74, 6) is -0.0601. The number of piperazine rings is 1. The molecule has 1 fully saturated rings. The minimum atomic E-state index is -3.33. The quantitative estimate of drug-likeness (QED) is 0.505. The highest BCUT2D eigenvalue weighted by Crippen LogP contribution is 2.28. The van der Waals surface area contributed by atoms with Crippen molar-refractivity contribution in [3.05, 3.63) is 54.1 Å². The van der Waals surface area contributed by atoms with Crippen LogP contribution >= 0.6 is 0 Å². The highest BCUT2D eigenvalue weighted by atomic mass is 32.2. The Morgan fingerprint density at radius 1 is 1.00 bits per heavy atom. The van der Waals surface area contributed by atoms with Crippen molar-refractivity contribution in [2.24, 2.45) is 0 Å².